The van der Waals surface area contributed by atoms with Crippen LogP contribution in [0.2, 0.25) is 0 Å². The Balaban J connectivity index is 1.55. The number of nitrogens with zero attached hydrogens (tertiary/aromatic N) is 2. The first-order chi connectivity index (χ1) is 13.3. The van der Waals surface area contributed by atoms with E-state index in [0.29, 0.717) is 19.6 Å². The van der Waals surface area contributed by atoms with Crippen molar-refractivity contribution in [3.8, 4) is 0 Å². The molecule has 0 unspecified atom stereocenters. The molecule has 4 rings (SSSR count). The quantitative estimate of drug-likeness (QED) is 0.748. The van der Waals surface area contributed by atoms with Crippen LogP contribution in [0.4, 0.5) is 0 Å². The first-order valence-corrected chi connectivity index (χ1v) is 10.3. The zero-order chi connectivity index (χ0) is 19.9. The molecule has 1 aromatic rings. The number of fused-ring (bicyclic) bond motifs is 2. The molecule has 3 aliphatic rings. The van der Waals surface area contributed by atoms with Gasteiger partial charge in [-0.15, -0.1) is 0 Å². The maximum absolute atomic E-state index is 13.6. The molecule has 3 fully saturated rings. The van der Waals surface area contributed by atoms with Crippen LogP contribution in [-0.4, -0.2) is 52.2 Å². The minimum Gasteiger partial charge on any atom is -0.458 e. The average molecular weight is 386 g/mol. The first-order valence-electron chi connectivity index (χ1n) is 10.3. The molecule has 1 amide bonds. The molecular weight excluding hydrogens is 356 g/mol. The number of ether oxygens (including phenoxy) is 1. The predicted molar refractivity (Wildman–Crippen MR) is 104 cm³/mol. The van der Waals surface area contributed by atoms with Crippen LogP contribution in [0.15, 0.2) is 30.3 Å². The van der Waals surface area contributed by atoms with Gasteiger partial charge in [-0.05, 0) is 52.0 Å². The number of benzene rings is 1. The monoisotopic (exact) mass is 386 g/mol. The van der Waals surface area contributed by atoms with Gasteiger partial charge in [-0.3, -0.25) is 9.63 Å². The Morgan fingerprint density at radius 1 is 1.14 bits per heavy atom. The van der Waals surface area contributed by atoms with Crippen molar-refractivity contribution < 1.29 is 19.2 Å². The SMILES string of the molecule is CC(C)(C)OC(=O)[C@@H]1CC[C@H]2CC[C@@H]3CON(Cc4ccccc4)[C@@H]3C(=O)N21. The van der Waals surface area contributed by atoms with E-state index < -0.39 is 11.6 Å². The van der Waals surface area contributed by atoms with E-state index in [2.05, 4.69) is 0 Å². The molecule has 3 aliphatic heterocycles. The van der Waals surface area contributed by atoms with Gasteiger partial charge in [0.2, 0.25) is 5.91 Å². The number of hydrogen-bond donors (Lipinski definition) is 0. The first kappa shape index (κ1) is 19.4. The molecule has 0 saturated carbocycles. The maximum Gasteiger partial charge on any atom is 0.329 e. The minimum atomic E-state index is -0.553. The smallest absolute Gasteiger partial charge is 0.329 e. The summed E-state index contributed by atoms with van der Waals surface area (Å²) in [5, 5.41) is 1.83. The molecule has 0 aliphatic carbocycles. The molecule has 6 nitrogen and oxygen atoms in total. The number of carbonyl (C=O) groups excluding carboxylic acids is 2. The molecule has 6 heteroatoms. The second-order valence-corrected chi connectivity index (χ2v) is 9.16. The van der Waals surface area contributed by atoms with E-state index in [1.54, 1.807) is 0 Å². The Labute approximate surface area is 166 Å². The number of hydroxylamine groups is 2. The number of hydrogen-bond acceptors (Lipinski definition) is 5. The summed E-state index contributed by atoms with van der Waals surface area (Å²) in [4.78, 5) is 34.1. The van der Waals surface area contributed by atoms with E-state index in [-0.39, 0.29) is 29.9 Å². The Morgan fingerprint density at radius 2 is 1.86 bits per heavy atom. The van der Waals surface area contributed by atoms with Gasteiger partial charge in [-0.25, -0.2) is 4.79 Å². The minimum absolute atomic E-state index is 0.0225. The van der Waals surface area contributed by atoms with E-state index in [1.807, 2.05) is 61.1 Å². The van der Waals surface area contributed by atoms with Gasteiger partial charge in [0.1, 0.15) is 17.7 Å². The summed E-state index contributed by atoms with van der Waals surface area (Å²) in [7, 11) is 0. The van der Waals surface area contributed by atoms with Crippen LogP contribution >= 0.6 is 0 Å². The highest BCUT2D eigenvalue weighted by Crippen LogP contribution is 2.39. The van der Waals surface area contributed by atoms with E-state index >= 15 is 0 Å². The lowest BCUT2D eigenvalue weighted by Gasteiger charge is -2.33. The average Bonchev–Trinajstić information content (AvgIpc) is 3.20. The Bertz CT molecular complexity index is 730. The summed E-state index contributed by atoms with van der Waals surface area (Å²) in [6.45, 7) is 6.74. The van der Waals surface area contributed by atoms with Crippen LogP contribution in [0.3, 0.4) is 0 Å². The normalized spacial score (nSPS) is 30.7. The zero-order valence-electron chi connectivity index (χ0n) is 17.0. The lowest BCUT2D eigenvalue weighted by Crippen LogP contribution is -2.52. The highest BCUT2D eigenvalue weighted by molar-refractivity contribution is 5.89. The largest absolute Gasteiger partial charge is 0.458 e. The molecule has 28 heavy (non-hydrogen) atoms. The molecule has 0 N–H and O–H groups in total. The van der Waals surface area contributed by atoms with Crippen LogP contribution in [0.25, 0.3) is 0 Å². The fourth-order valence-corrected chi connectivity index (χ4v) is 4.73. The lowest BCUT2D eigenvalue weighted by atomic mass is 9.95. The highest BCUT2D eigenvalue weighted by atomic mass is 16.7. The van der Waals surface area contributed by atoms with Crippen LogP contribution in [0.1, 0.15) is 52.0 Å². The van der Waals surface area contributed by atoms with Gasteiger partial charge in [0.25, 0.3) is 0 Å². The zero-order valence-corrected chi connectivity index (χ0v) is 17.0. The van der Waals surface area contributed by atoms with Crippen molar-refractivity contribution in [2.75, 3.05) is 6.61 Å². The number of rotatable bonds is 3. The lowest BCUT2D eigenvalue weighted by molar-refractivity contribution is -0.173. The molecule has 0 aromatic heterocycles. The van der Waals surface area contributed by atoms with Gasteiger partial charge in [-0.1, -0.05) is 30.3 Å². The fraction of sp³-hybridized carbons (Fsp3) is 0.636. The van der Waals surface area contributed by atoms with Crippen LogP contribution in [0.5, 0.6) is 0 Å². The molecule has 152 valence electrons. The topological polar surface area (TPSA) is 59.1 Å². The highest BCUT2D eigenvalue weighted by Gasteiger charge is 2.52. The molecule has 3 saturated heterocycles. The maximum atomic E-state index is 13.6. The van der Waals surface area contributed by atoms with Gasteiger partial charge >= 0.3 is 5.97 Å². The summed E-state index contributed by atoms with van der Waals surface area (Å²) >= 11 is 0. The Morgan fingerprint density at radius 3 is 2.57 bits per heavy atom. The third kappa shape index (κ3) is 3.80. The molecule has 1 aromatic carbocycles. The third-order valence-corrected chi connectivity index (χ3v) is 5.95. The number of amides is 1. The van der Waals surface area contributed by atoms with Crippen molar-refractivity contribution in [1.29, 1.82) is 0 Å². The van der Waals surface area contributed by atoms with Crippen molar-refractivity contribution in [2.45, 2.75) is 76.7 Å². The van der Waals surface area contributed by atoms with Gasteiger partial charge in [-0.2, -0.15) is 5.06 Å². The summed E-state index contributed by atoms with van der Waals surface area (Å²) < 4.78 is 5.62. The Hall–Kier alpha value is -1.92. The molecular formula is C22H30N2O4. The van der Waals surface area contributed by atoms with E-state index in [0.717, 1.165) is 24.8 Å². The summed E-state index contributed by atoms with van der Waals surface area (Å²) in [6.07, 6.45) is 3.43. The van der Waals surface area contributed by atoms with Gasteiger partial charge < -0.3 is 9.64 Å². The molecule has 0 spiro atoms. The molecule has 3 heterocycles. The van der Waals surface area contributed by atoms with Crippen molar-refractivity contribution in [3.05, 3.63) is 35.9 Å². The standard InChI is InChI=1S/C22H30N2O4/c1-22(2,3)28-21(26)18-12-11-17-10-9-16-14-27-23(19(16)20(25)24(17)18)13-15-7-5-4-6-8-15/h4-8,16-19H,9-14H2,1-3H3/t16-,17-,18+,19+/m1/s1. The molecule has 0 bridgehead atoms. The van der Waals surface area contributed by atoms with Crippen molar-refractivity contribution in [3.63, 3.8) is 0 Å². The van der Waals surface area contributed by atoms with Gasteiger partial charge in [0.05, 0.1) is 6.61 Å². The summed E-state index contributed by atoms with van der Waals surface area (Å²) in [6, 6.07) is 9.38. The van der Waals surface area contributed by atoms with E-state index in [9.17, 15) is 9.59 Å². The molecule has 4 atom stereocenters. The van der Waals surface area contributed by atoms with Crippen molar-refractivity contribution >= 4 is 11.9 Å². The van der Waals surface area contributed by atoms with E-state index in [1.165, 1.54) is 0 Å². The fourth-order valence-electron chi connectivity index (χ4n) is 4.73. The third-order valence-electron chi connectivity index (χ3n) is 5.95. The number of carbonyl (C=O) groups is 2. The van der Waals surface area contributed by atoms with Gasteiger partial charge in [0.15, 0.2) is 0 Å². The van der Waals surface area contributed by atoms with Crippen molar-refractivity contribution in [1.82, 2.24) is 9.96 Å². The van der Waals surface area contributed by atoms with Crippen LogP contribution < -0.4 is 0 Å². The van der Waals surface area contributed by atoms with Crippen LogP contribution in [0, 0.1) is 5.92 Å². The summed E-state index contributed by atoms with van der Waals surface area (Å²) in [5.41, 5.74) is 0.560. The van der Waals surface area contributed by atoms with E-state index in [4.69, 9.17) is 9.57 Å². The Kier molecular flexibility index (Phi) is 5.19. The van der Waals surface area contributed by atoms with Crippen molar-refractivity contribution in [2.24, 2.45) is 5.92 Å². The predicted octanol–water partition coefficient (Wildman–Crippen LogP) is 2.91. The second kappa shape index (κ2) is 7.48. The second-order valence-electron chi connectivity index (χ2n) is 9.16. The summed E-state index contributed by atoms with van der Waals surface area (Å²) in [5.74, 6) is -0.0780. The number of esters is 1. The molecule has 0 radical (unpaired) electrons. The van der Waals surface area contributed by atoms with Crippen LogP contribution in [-0.2, 0) is 25.7 Å². The van der Waals surface area contributed by atoms with Gasteiger partial charge in [0, 0.05) is 18.5 Å².